The van der Waals surface area contributed by atoms with Crippen molar-refractivity contribution < 1.29 is 4.39 Å². The molecule has 0 radical (unpaired) electrons. The lowest BCUT2D eigenvalue weighted by Crippen LogP contribution is -2.38. The van der Waals surface area contributed by atoms with E-state index in [4.69, 9.17) is 4.98 Å². The zero-order chi connectivity index (χ0) is 24.2. The Balaban J connectivity index is 1.61. The van der Waals surface area contributed by atoms with E-state index < -0.39 is 0 Å². The summed E-state index contributed by atoms with van der Waals surface area (Å²) in [6.45, 7) is 11.8. The van der Waals surface area contributed by atoms with Gasteiger partial charge in [0, 0.05) is 36.4 Å². The molecule has 34 heavy (non-hydrogen) atoms. The molecule has 0 fully saturated rings. The summed E-state index contributed by atoms with van der Waals surface area (Å²) in [6.07, 6.45) is 1.56. The van der Waals surface area contributed by atoms with Crippen LogP contribution in [0.25, 0.3) is 16.7 Å². The topological polar surface area (TPSA) is 76.8 Å². The van der Waals surface area contributed by atoms with E-state index in [1.807, 2.05) is 19.9 Å². The molecule has 7 nitrogen and oxygen atoms in total. The van der Waals surface area contributed by atoms with Crippen molar-refractivity contribution in [2.75, 3.05) is 11.9 Å². The highest BCUT2D eigenvalue weighted by molar-refractivity contribution is 5.77. The Bertz CT molecular complexity index is 1470. The largest absolute Gasteiger partial charge is 0.324 e. The molecule has 0 atom stereocenters. The quantitative estimate of drug-likeness (QED) is 0.460. The van der Waals surface area contributed by atoms with Gasteiger partial charge in [-0.25, -0.2) is 18.7 Å². The molecule has 2 aromatic carbocycles. The third-order valence-corrected chi connectivity index (χ3v) is 6.47. The Labute approximate surface area is 197 Å². The van der Waals surface area contributed by atoms with Gasteiger partial charge in [0.2, 0.25) is 5.95 Å². The second kappa shape index (κ2) is 8.06. The minimum atomic E-state index is -0.291. The highest BCUT2D eigenvalue weighted by atomic mass is 19.1. The molecule has 3 heterocycles. The van der Waals surface area contributed by atoms with Gasteiger partial charge in [-0.15, -0.1) is 0 Å². The molecular weight excluding hydrogens is 431 g/mol. The van der Waals surface area contributed by atoms with Crippen molar-refractivity contribution in [2.24, 2.45) is 0 Å². The van der Waals surface area contributed by atoms with Crippen LogP contribution in [0, 0.1) is 12.7 Å². The van der Waals surface area contributed by atoms with Crippen LogP contribution < -0.4 is 16.2 Å². The molecule has 2 aromatic heterocycles. The van der Waals surface area contributed by atoms with Crippen LogP contribution in [0.4, 0.5) is 16.0 Å². The first-order chi connectivity index (χ1) is 16.2. The molecule has 0 saturated carbocycles. The smallest absolute Gasteiger partial charge is 0.278 e. The maximum Gasteiger partial charge on any atom is 0.278 e. The van der Waals surface area contributed by atoms with Gasteiger partial charge in [0.1, 0.15) is 11.2 Å². The van der Waals surface area contributed by atoms with Gasteiger partial charge in [-0.3, -0.25) is 4.79 Å². The van der Waals surface area contributed by atoms with Crippen LogP contribution in [0.1, 0.15) is 50.4 Å². The predicted molar refractivity (Wildman–Crippen MR) is 133 cm³/mol. The van der Waals surface area contributed by atoms with E-state index in [1.165, 1.54) is 17.2 Å². The summed E-state index contributed by atoms with van der Waals surface area (Å²) >= 11 is 0. The van der Waals surface area contributed by atoms with E-state index in [-0.39, 0.29) is 22.8 Å². The first kappa shape index (κ1) is 22.3. The van der Waals surface area contributed by atoms with Crippen molar-refractivity contribution in [3.05, 3.63) is 75.5 Å². The second-order valence-corrected chi connectivity index (χ2v) is 9.90. The summed E-state index contributed by atoms with van der Waals surface area (Å²) in [5.74, 6) is 0.102. The molecule has 0 amide bonds. The first-order valence-corrected chi connectivity index (χ1v) is 11.5. The fraction of sp³-hybridized carbons (Fsp3) is 0.346. The van der Waals surface area contributed by atoms with Gasteiger partial charge in [0.05, 0.1) is 5.69 Å². The third-order valence-electron chi connectivity index (χ3n) is 6.47. The van der Waals surface area contributed by atoms with Crippen LogP contribution in [-0.2, 0) is 12.0 Å². The molecule has 2 N–H and O–H groups in total. The van der Waals surface area contributed by atoms with E-state index >= 15 is 0 Å². The van der Waals surface area contributed by atoms with Gasteiger partial charge in [-0.1, -0.05) is 19.9 Å². The maximum atomic E-state index is 13.9. The van der Waals surface area contributed by atoms with Crippen molar-refractivity contribution in [2.45, 2.75) is 52.6 Å². The Hall–Kier alpha value is -3.52. The van der Waals surface area contributed by atoms with E-state index in [1.54, 1.807) is 34.6 Å². The van der Waals surface area contributed by atoms with E-state index in [0.29, 0.717) is 28.2 Å². The summed E-state index contributed by atoms with van der Waals surface area (Å²) in [7, 11) is 0. The molecule has 176 valence electrons. The third kappa shape index (κ3) is 3.68. The van der Waals surface area contributed by atoms with Gasteiger partial charge in [-0.2, -0.15) is 4.98 Å². The summed E-state index contributed by atoms with van der Waals surface area (Å²) in [5, 5.41) is 7.18. The molecule has 0 bridgehead atoms. The highest BCUT2D eigenvalue weighted by Gasteiger charge is 2.27. The molecule has 5 rings (SSSR count). The number of hydrogen-bond acceptors (Lipinski definition) is 5. The normalized spacial score (nSPS) is 15.0. The zero-order valence-electron chi connectivity index (χ0n) is 20.1. The average Bonchev–Trinajstić information content (AvgIpc) is 3.07. The molecular formula is C26H29FN6O. The number of nitrogens with zero attached hydrogens (tertiary/aromatic N) is 4. The minimum absolute atomic E-state index is 0.0740. The molecule has 0 saturated heterocycles. The molecule has 0 aliphatic carbocycles. The molecule has 1 aliphatic heterocycles. The van der Waals surface area contributed by atoms with Crippen LogP contribution in [0.2, 0.25) is 0 Å². The predicted octanol–water partition coefficient (Wildman–Crippen LogP) is 4.74. The van der Waals surface area contributed by atoms with Crippen LogP contribution in [0.15, 0.2) is 47.4 Å². The fourth-order valence-corrected chi connectivity index (χ4v) is 4.75. The van der Waals surface area contributed by atoms with E-state index in [9.17, 15) is 9.18 Å². The summed E-state index contributed by atoms with van der Waals surface area (Å²) in [6, 6.07) is 11.0. The first-order valence-electron chi connectivity index (χ1n) is 11.5. The maximum absolute atomic E-state index is 13.9. The van der Waals surface area contributed by atoms with Gasteiger partial charge >= 0.3 is 0 Å². The Morgan fingerprint density at radius 3 is 2.71 bits per heavy atom. The summed E-state index contributed by atoms with van der Waals surface area (Å²) < 4.78 is 17.3. The second-order valence-electron chi connectivity index (χ2n) is 9.90. The lowest BCUT2D eigenvalue weighted by Gasteiger charge is -2.33. The monoisotopic (exact) mass is 460 g/mol. The minimum Gasteiger partial charge on any atom is -0.324 e. The number of rotatable bonds is 4. The highest BCUT2D eigenvalue weighted by Crippen LogP contribution is 2.32. The molecule has 4 aromatic rings. The lowest BCUT2D eigenvalue weighted by atomic mass is 9.79. The van der Waals surface area contributed by atoms with Gasteiger partial charge in [-0.05, 0) is 67.8 Å². The Morgan fingerprint density at radius 1 is 1.18 bits per heavy atom. The van der Waals surface area contributed by atoms with Crippen molar-refractivity contribution in [1.29, 1.82) is 0 Å². The van der Waals surface area contributed by atoms with Crippen LogP contribution in [0.3, 0.4) is 0 Å². The fourth-order valence-electron chi connectivity index (χ4n) is 4.75. The number of aryl methyl sites for hydroxylation is 1. The molecule has 0 spiro atoms. The van der Waals surface area contributed by atoms with Crippen molar-refractivity contribution in [3.63, 3.8) is 0 Å². The summed E-state index contributed by atoms with van der Waals surface area (Å²) in [5.41, 5.74) is 5.00. The van der Waals surface area contributed by atoms with Gasteiger partial charge in [0.25, 0.3) is 5.56 Å². The van der Waals surface area contributed by atoms with Crippen molar-refractivity contribution in [3.8, 4) is 5.69 Å². The SMILES string of the molecule is Cc1cc(-n2c3nc(Nc4ccc5c(c4)CNCC5(C)C)ncc3c(=O)n2C(C)C)ccc1F. The average molecular weight is 461 g/mol. The summed E-state index contributed by atoms with van der Waals surface area (Å²) in [4.78, 5) is 22.3. The number of benzene rings is 2. The molecule has 1 aliphatic rings. The van der Waals surface area contributed by atoms with Crippen molar-refractivity contribution in [1.82, 2.24) is 24.6 Å². The number of anilines is 2. The molecule has 8 heteroatoms. The lowest BCUT2D eigenvalue weighted by molar-refractivity contribution is 0.435. The Kier molecular flexibility index (Phi) is 5.28. The number of aromatic nitrogens is 4. The van der Waals surface area contributed by atoms with Gasteiger partial charge in [0.15, 0.2) is 5.65 Å². The zero-order valence-corrected chi connectivity index (χ0v) is 20.1. The van der Waals surface area contributed by atoms with E-state index in [2.05, 4.69) is 41.6 Å². The van der Waals surface area contributed by atoms with Crippen LogP contribution in [0.5, 0.6) is 0 Å². The standard InChI is InChI=1S/C26H29FN6O/c1-15(2)32-24(34)20-13-29-25(31-23(20)33(32)19-7-9-22(27)16(3)10-19)30-18-6-8-21-17(11-18)12-28-14-26(21,4)5/h6-11,13,15,28H,12,14H2,1-5H3,(H,29,30,31). The molecule has 0 unspecified atom stereocenters. The van der Waals surface area contributed by atoms with Gasteiger partial charge < -0.3 is 10.6 Å². The van der Waals surface area contributed by atoms with E-state index in [0.717, 1.165) is 18.8 Å². The van der Waals surface area contributed by atoms with Crippen LogP contribution >= 0.6 is 0 Å². The number of halogens is 1. The Morgan fingerprint density at radius 2 is 1.97 bits per heavy atom. The number of fused-ring (bicyclic) bond motifs is 2. The number of nitrogens with one attached hydrogen (secondary N) is 2. The number of hydrogen-bond donors (Lipinski definition) is 2. The van der Waals surface area contributed by atoms with Crippen LogP contribution in [-0.4, -0.2) is 25.9 Å². The van der Waals surface area contributed by atoms with Crippen molar-refractivity contribution >= 4 is 22.7 Å².